The molecule has 0 saturated carbocycles. The molecule has 3 heteroatoms. The molecule has 0 aliphatic rings. The lowest BCUT2D eigenvalue weighted by atomic mass is 10.3. The molecule has 2 unspecified atom stereocenters. The van der Waals surface area contributed by atoms with Gasteiger partial charge in [-0.25, -0.2) is 0 Å². The van der Waals surface area contributed by atoms with E-state index in [0.717, 1.165) is 5.75 Å². The summed E-state index contributed by atoms with van der Waals surface area (Å²) in [5.41, 5.74) is 5.68. The van der Waals surface area contributed by atoms with Crippen LogP contribution in [0.4, 0.5) is 0 Å². The minimum absolute atomic E-state index is 0.0987. The van der Waals surface area contributed by atoms with E-state index in [9.17, 15) is 0 Å². The molecule has 3 N–H and O–H groups in total. The molecule has 0 amide bonds. The van der Waals surface area contributed by atoms with Crippen LogP contribution in [0.2, 0.25) is 0 Å². The molecule has 0 aromatic carbocycles. The zero-order valence-electron chi connectivity index (χ0n) is 8.12. The quantitative estimate of drug-likeness (QED) is 0.601. The van der Waals surface area contributed by atoms with Gasteiger partial charge >= 0.3 is 0 Å². The van der Waals surface area contributed by atoms with E-state index in [1.54, 1.807) is 11.8 Å². The van der Waals surface area contributed by atoms with Crippen molar-refractivity contribution < 1.29 is 5.11 Å². The predicted octanol–water partition coefficient (Wildman–Crippen LogP) is 1.62. The Morgan fingerprint density at radius 2 is 2.08 bits per heavy atom. The fourth-order valence-corrected chi connectivity index (χ4v) is 2.04. The van der Waals surface area contributed by atoms with Crippen molar-refractivity contribution in [3.05, 3.63) is 0 Å². The van der Waals surface area contributed by atoms with Gasteiger partial charge < -0.3 is 10.8 Å². The topological polar surface area (TPSA) is 46.2 Å². The number of hydrogen-bond acceptors (Lipinski definition) is 3. The molecule has 0 aliphatic carbocycles. The first-order chi connectivity index (χ1) is 5.72. The third kappa shape index (κ3) is 5.86. The molecule has 0 radical (unpaired) electrons. The van der Waals surface area contributed by atoms with Gasteiger partial charge in [-0.15, -0.1) is 0 Å². The molecule has 0 aliphatic heterocycles. The lowest BCUT2D eigenvalue weighted by molar-refractivity contribution is 0.285. The van der Waals surface area contributed by atoms with Crippen LogP contribution >= 0.6 is 11.8 Å². The molecule has 0 bridgehead atoms. The van der Waals surface area contributed by atoms with Gasteiger partial charge in [0.25, 0.3) is 0 Å². The Kier molecular flexibility index (Phi) is 8.07. The first kappa shape index (κ1) is 12.3. The number of aliphatic hydroxyl groups is 1. The van der Waals surface area contributed by atoms with E-state index < -0.39 is 0 Å². The second kappa shape index (κ2) is 7.90. The van der Waals surface area contributed by atoms with Gasteiger partial charge in [-0.05, 0) is 19.1 Å². The van der Waals surface area contributed by atoms with Gasteiger partial charge in [0.15, 0.2) is 0 Å². The highest BCUT2D eigenvalue weighted by atomic mass is 32.2. The Morgan fingerprint density at radius 3 is 2.50 bits per heavy atom. The third-order valence-corrected chi connectivity index (χ3v) is 3.38. The van der Waals surface area contributed by atoms with Crippen LogP contribution in [-0.4, -0.2) is 28.8 Å². The molecule has 2 nitrogen and oxygen atoms in total. The second-order valence-corrected chi connectivity index (χ2v) is 4.51. The van der Waals surface area contributed by atoms with E-state index in [-0.39, 0.29) is 17.9 Å². The normalized spacial score (nSPS) is 16.0. The zero-order valence-corrected chi connectivity index (χ0v) is 8.94. The Hall–Kier alpha value is 0.270. The summed E-state index contributed by atoms with van der Waals surface area (Å²) in [7, 11) is 0. The highest BCUT2D eigenvalue weighted by Gasteiger charge is 2.11. The molecule has 74 valence electrons. The summed E-state index contributed by atoms with van der Waals surface area (Å²) in [4.78, 5) is 0. The van der Waals surface area contributed by atoms with Crippen LogP contribution in [0.25, 0.3) is 0 Å². The van der Waals surface area contributed by atoms with E-state index in [0.29, 0.717) is 0 Å². The SMILES string of the molecule is CCCCCSC(CO)C(C)N. The van der Waals surface area contributed by atoms with Crippen molar-refractivity contribution in [1.82, 2.24) is 0 Å². The number of thioether (sulfide) groups is 1. The molecule has 0 heterocycles. The molecular formula is C9H21NOS. The van der Waals surface area contributed by atoms with Gasteiger partial charge in [0, 0.05) is 11.3 Å². The molecule has 0 rings (SSSR count). The summed E-state index contributed by atoms with van der Waals surface area (Å²) in [5.74, 6) is 1.13. The van der Waals surface area contributed by atoms with Crippen LogP contribution in [0.3, 0.4) is 0 Å². The summed E-state index contributed by atoms with van der Waals surface area (Å²) in [6, 6.07) is 0.0987. The minimum Gasteiger partial charge on any atom is -0.395 e. The van der Waals surface area contributed by atoms with Gasteiger partial charge in [0.1, 0.15) is 0 Å². The second-order valence-electron chi connectivity index (χ2n) is 3.16. The fourth-order valence-electron chi connectivity index (χ4n) is 0.958. The highest BCUT2D eigenvalue weighted by molar-refractivity contribution is 7.99. The van der Waals surface area contributed by atoms with Gasteiger partial charge in [-0.2, -0.15) is 11.8 Å². The average Bonchev–Trinajstić information content (AvgIpc) is 2.04. The van der Waals surface area contributed by atoms with E-state index >= 15 is 0 Å². The average molecular weight is 191 g/mol. The number of aliphatic hydroxyl groups excluding tert-OH is 1. The van der Waals surface area contributed by atoms with Crippen LogP contribution in [0.5, 0.6) is 0 Å². The maximum atomic E-state index is 8.95. The Balaban J connectivity index is 3.32. The van der Waals surface area contributed by atoms with E-state index in [4.69, 9.17) is 10.8 Å². The largest absolute Gasteiger partial charge is 0.395 e. The molecule has 0 spiro atoms. The van der Waals surface area contributed by atoms with Gasteiger partial charge in [-0.3, -0.25) is 0 Å². The lowest BCUT2D eigenvalue weighted by Crippen LogP contribution is -2.32. The highest BCUT2D eigenvalue weighted by Crippen LogP contribution is 2.15. The minimum atomic E-state index is 0.0987. The van der Waals surface area contributed by atoms with Crippen LogP contribution < -0.4 is 5.73 Å². The van der Waals surface area contributed by atoms with E-state index in [1.165, 1.54) is 19.3 Å². The predicted molar refractivity (Wildman–Crippen MR) is 56.5 cm³/mol. The van der Waals surface area contributed by atoms with Gasteiger partial charge in [-0.1, -0.05) is 19.8 Å². The lowest BCUT2D eigenvalue weighted by Gasteiger charge is -2.17. The summed E-state index contributed by atoms with van der Waals surface area (Å²) in [6.45, 7) is 4.35. The van der Waals surface area contributed by atoms with Crippen LogP contribution in [-0.2, 0) is 0 Å². The maximum Gasteiger partial charge on any atom is 0.0564 e. The van der Waals surface area contributed by atoms with Gasteiger partial charge in [0.05, 0.1) is 6.61 Å². The standard InChI is InChI=1S/C9H21NOS/c1-3-4-5-6-12-9(7-11)8(2)10/h8-9,11H,3-7,10H2,1-2H3. The molecule has 0 saturated heterocycles. The third-order valence-electron chi connectivity index (χ3n) is 1.85. The first-order valence-electron chi connectivity index (χ1n) is 4.70. The molecule has 0 fully saturated rings. The van der Waals surface area contributed by atoms with Crippen LogP contribution in [0.15, 0.2) is 0 Å². The van der Waals surface area contributed by atoms with Crippen molar-refractivity contribution in [1.29, 1.82) is 0 Å². The van der Waals surface area contributed by atoms with Crippen molar-refractivity contribution in [2.45, 2.75) is 44.4 Å². The van der Waals surface area contributed by atoms with E-state index in [1.807, 2.05) is 6.92 Å². The van der Waals surface area contributed by atoms with Crippen molar-refractivity contribution in [2.75, 3.05) is 12.4 Å². The Labute approximate surface area is 79.9 Å². The number of unbranched alkanes of at least 4 members (excludes halogenated alkanes) is 2. The summed E-state index contributed by atoms with van der Waals surface area (Å²) < 4.78 is 0. The number of hydrogen-bond donors (Lipinski definition) is 2. The summed E-state index contributed by atoms with van der Waals surface area (Å²) >= 11 is 1.79. The Bertz CT molecular complexity index is 98.5. The fraction of sp³-hybridized carbons (Fsp3) is 1.00. The summed E-state index contributed by atoms with van der Waals surface area (Å²) in [5, 5.41) is 9.18. The van der Waals surface area contributed by atoms with Crippen LogP contribution in [0, 0.1) is 0 Å². The molecule has 2 atom stereocenters. The number of nitrogens with two attached hydrogens (primary N) is 1. The molecular weight excluding hydrogens is 170 g/mol. The monoisotopic (exact) mass is 191 g/mol. The molecule has 0 aromatic rings. The van der Waals surface area contributed by atoms with Crippen molar-refractivity contribution >= 4 is 11.8 Å². The molecule has 12 heavy (non-hydrogen) atoms. The number of rotatable bonds is 7. The summed E-state index contributed by atoms with van der Waals surface area (Å²) in [6.07, 6.45) is 3.77. The zero-order chi connectivity index (χ0) is 9.40. The van der Waals surface area contributed by atoms with Crippen molar-refractivity contribution in [2.24, 2.45) is 5.73 Å². The van der Waals surface area contributed by atoms with Crippen molar-refractivity contribution in [3.8, 4) is 0 Å². The van der Waals surface area contributed by atoms with Crippen LogP contribution in [0.1, 0.15) is 33.1 Å². The first-order valence-corrected chi connectivity index (χ1v) is 5.75. The van der Waals surface area contributed by atoms with Gasteiger partial charge in [0.2, 0.25) is 0 Å². The van der Waals surface area contributed by atoms with E-state index in [2.05, 4.69) is 6.92 Å². The Morgan fingerprint density at radius 1 is 1.42 bits per heavy atom. The molecule has 0 aromatic heterocycles. The smallest absolute Gasteiger partial charge is 0.0564 e. The maximum absolute atomic E-state index is 8.95. The van der Waals surface area contributed by atoms with Crippen molar-refractivity contribution in [3.63, 3.8) is 0 Å².